The number of carbonyl (C=O) groups excluding carboxylic acids is 1. The van der Waals surface area contributed by atoms with Crippen molar-refractivity contribution >= 4 is 17.2 Å². The third-order valence-electron chi connectivity index (χ3n) is 3.35. The van der Waals surface area contributed by atoms with Gasteiger partial charge >= 0.3 is 6.18 Å². The molecule has 5 heteroatoms. The van der Waals surface area contributed by atoms with Gasteiger partial charge in [0, 0.05) is 16.5 Å². The number of aromatic amines is 1. The molecule has 0 saturated carbocycles. The van der Waals surface area contributed by atoms with Crippen molar-refractivity contribution in [3.63, 3.8) is 0 Å². The second kappa shape index (κ2) is 4.77. The third kappa shape index (κ3) is 2.31. The molecule has 0 bridgehead atoms. The van der Waals surface area contributed by atoms with Crippen LogP contribution in [-0.2, 0) is 6.18 Å². The molecule has 0 saturated heterocycles. The molecule has 0 spiro atoms. The van der Waals surface area contributed by atoms with Crippen LogP contribution in [-0.4, -0.2) is 11.3 Å². The number of nitrogens with one attached hydrogen (secondary N) is 1. The average molecular weight is 289 g/mol. The first-order valence-electron chi connectivity index (χ1n) is 6.24. The maximum absolute atomic E-state index is 12.8. The molecule has 0 amide bonds. The van der Waals surface area contributed by atoms with E-state index in [1.807, 2.05) is 6.07 Å². The number of carbonyl (C=O) groups is 1. The fourth-order valence-corrected chi connectivity index (χ4v) is 2.34. The Bertz CT molecular complexity index is 803. The van der Waals surface area contributed by atoms with Crippen molar-refractivity contribution in [2.75, 3.05) is 0 Å². The summed E-state index contributed by atoms with van der Waals surface area (Å²) in [5.74, 6) is 0. The standard InChI is InChI=1S/C16H10F3NO/c17-16(18,19)11-6-7-14-12(8-11)13(9-21)15(20-14)10-4-2-1-3-5-10/h1-9,20H. The highest BCUT2D eigenvalue weighted by atomic mass is 19.4. The highest BCUT2D eigenvalue weighted by molar-refractivity contribution is 6.04. The van der Waals surface area contributed by atoms with Gasteiger partial charge in [-0.25, -0.2) is 0 Å². The van der Waals surface area contributed by atoms with Gasteiger partial charge in [-0.15, -0.1) is 0 Å². The van der Waals surface area contributed by atoms with E-state index >= 15 is 0 Å². The Morgan fingerprint density at radius 2 is 1.71 bits per heavy atom. The van der Waals surface area contributed by atoms with E-state index in [-0.39, 0.29) is 10.9 Å². The van der Waals surface area contributed by atoms with Gasteiger partial charge in [0.15, 0.2) is 6.29 Å². The number of halogens is 3. The van der Waals surface area contributed by atoms with Crippen molar-refractivity contribution in [1.29, 1.82) is 0 Å². The normalized spacial score (nSPS) is 11.8. The molecule has 0 fully saturated rings. The van der Waals surface area contributed by atoms with Crippen molar-refractivity contribution in [3.05, 3.63) is 59.7 Å². The summed E-state index contributed by atoms with van der Waals surface area (Å²) < 4.78 is 38.3. The van der Waals surface area contributed by atoms with Gasteiger partial charge in [-0.1, -0.05) is 30.3 Å². The summed E-state index contributed by atoms with van der Waals surface area (Å²) in [5.41, 5.74) is 1.26. The monoisotopic (exact) mass is 289 g/mol. The van der Waals surface area contributed by atoms with E-state index in [2.05, 4.69) is 4.98 Å². The lowest BCUT2D eigenvalue weighted by atomic mass is 10.0. The van der Waals surface area contributed by atoms with Gasteiger partial charge < -0.3 is 4.98 Å². The molecule has 21 heavy (non-hydrogen) atoms. The zero-order valence-electron chi connectivity index (χ0n) is 10.7. The quantitative estimate of drug-likeness (QED) is 0.683. The first kappa shape index (κ1) is 13.4. The summed E-state index contributed by atoms with van der Waals surface area (Å²) in [6.45, 7) is 0. The molecule has 0 radical (unpaired) electrons. The minimum absolute atomic E-state index is 0.238. The smallest absolute Gasteiger partial charge is 0.354 e. The molecular weight excluding hydrogens is 279 g/mol. The molecule has 1 aromatic heterocycles. The van der Waals surface area contributed by atoms with Gasteiger partial charge in [-0.3, -0.25) is 4.79 Å². The van der Waals surface area contributed by atoms with Crippen molar-refractivity contribution in [2.24, 2.45) is 0 Å². The number of fused-ring (bicyclic) bond motifs is 1. The van der Waals surface area contributed by atoms with Gasteiger partial charge in [0.25, 0.3) is 0 Å². The van der Waals surface area contributed by atoms with Crippen LogP contribution in [0.1, 0.15) is 15.9 Å². The van der Waals surface area contributed by atoms with Crippen LogP contribution in [0.3, 0.4) is 0 Å². The Morgan fingerprint density at radius 3 is 2.33 bits per heavy atom. The predicted molar refractivity (Wildman–Crippen MR) is 74.1 cm³/mol. The maximum atomic E-state index is 12.8. The summed E-state index contributed by atoms with van der Waals surface area (Å²) in [6.07, 6.45) is -3.85. The number of benzene rings is 2. The maximum Gasteiger partial charge on any atom is 0.416 e. The first-order chi connectivity index (χ1) is 10.0. The number of aldehydes is 1. The average Bonchev–Trinajstić information content (AvgIpc) is 2.84. The van der Waals surface area contributed by atoms with E-state index in [1.54, 1.807) is 24.3 Å². The Balaban J connectivity index is 2.27. The molecule has 2 nitrogen and oxygen atoms in total. The Hall–Kier alpha value is -2.56. The first-order valence-corrected chi connectivity index (χ1v) is 6.24. The zero-order valence-corrected chi connectivity index (χ0v) is 10.7. The fourth-order valence-electron chi connectivity index (χ4n) is 2.34. The number of rotatable bonds is 2. The fraction of sp³-hybridized carbons (Fsp3) is 0.0625. The van der Waals surface area contributed by atoms with E-state index in [4.69, 9.17) is 0 Å². The molecular formula is C16H10F3NO. The number of hydrogen-bond acceptors (Lipinski definition) is 1. The van der Waals surface area contributed by atoms with Gasteiger partial charge in [0.05, 0.1) is 11.3 Å². The highest BCUT2D eigenvalue weighted by Gasteiger charge is 2.31. The van der Waals surface area contributed by atoms with Gasteiger partial charge in [-0.05, 0) is 23.8 Å². The summed E-state index contributed by atoms with van der Waals surface area (Å²) in [5, 5.41) is 0.277. The number of H-pyrrole nitrogens is 1. The molecule has 2 aromatic carbocycles. The molecule has 0 atom stereocenters. The minimum Gasteiger partial charge on any atom is -0.354 e. The van der Waals surface area contributed by atoms with Crippen LogP contribution < -0.4 is 0 Å². The predicted octanol–water partition coefficient (Wildman–Crippen LogP) is 4.67. The molecule has 106 valence electrons. The summed E-state index contributed by atoms with van der Waals surface area (Å²) >= 11 is 0. The van der Waals surface area contributed by atoms with Crippen LogP contribution in [0.4, 0.5) is 13.2 Å². The van der Waals surface area contributed by atoms with Crippen LogP contribution in [0.2, 0.25) is 0 Å². The van der Waals surface area contributed by atoms with Crippen molar-refractivity contribution in [2.45, 2.75) is 6.18 Å². The van der Waals surface area contributed by atoms with Crippen LogP contribution in [0.15, 0.2) is 48.5 Å². The minimum atomic E-state index is -4.43. The lowest BCUT2D eigenvalue weighted by Crippen LogP contribution is -2.04. The van der Waals surface area contributed by atoms with E-state index in [0.717, 1.165) is 17.7 Å². The van der Waals surface area contributed by atoms with Gasteiger partial charge in [0.1, 0.15) is 0 Å². The Kier molecular flexibility index (Phi) is 3.05. The second-order valence-electron chi connectivity index (χ2n) is 4.66. The second-order valence-corrected chi connectivity index (χ2v) is 4.66. The SMILES string of the molecule is O=Cc1c(-c2ccccc2)[nH]c2ccc(C(F)(F)F)cc12. The molecule has 0 aliphatic heterocycles. The van der Waals surface area contributed by atoms with Crippen LogP contribution in [0, 0.1) is 0 Å². The number of alkyl halides is 3. The van der Waals surface area contributed by atoms with E-state index in [1.165, 1.54) is 6.07 Å². The summed E-state index contributed by atoms with van der Waals surface area (Å²) in [6, 6.07) is 12.4. The number of hydrogen-bond donors (Lipinski definition) is 1. The molecule has 0 unspecified atom stereocenters. The molecule has 0 aliphatic rings. The Labute approximate surface area is 118 Å². The van der Waals surface area contributed by atoms with Gasteiger partial charge in [-0.2, -0.15) is 13.2 Å². The highest BCUT2D eigenvalue weighted by Crippen LogP contribution is 2.35. The van der Waals surface area contributed by atoms with Crippen LogP contribution in [0.25, 0.3) is 22.2 Å². The summed E-state index contributed by atoms with van der Waals surface area (Å²) in [4.78, 5) is 14.3. The van der Waals surface area contributed by atoms with Crippen LogP contribution in [0.5, 0.6) is 0 Å². The van der Waals surface area contributed by atoms with Crippen LogP contribution >= 0.6 is 0 Å². The topological polar surface area (TPSA) is 32.9 Å². The molecule has 0 aliphatic carbocycles. The van der Waals surface area contributed by atoms with E-state index in [9.17, 15) is 18.0 Å². The Morgan fingerprint density at radius 1 is 1.00 bits per heavy atom. The third-order valence-corrected chi connectivity index (χ3v) is 3.35. The molecule has 3 aromatic rings. The number of aromatic nitrogens is 1. The van der Waals surface area contributed by atoms with E-state index < -0.39 is 11.7 Å². The molecule has 1 heterocycles. The van der Waals surface area contributed by atoms with Crippen molar-refractivity contribution in [3.8, 4) is 11.3 Å². The van der Waals surface area contributed by atoms with Gasteiger partial charge in [0.2, 0.25) is 0 Å². The lowest BCUT2D eigenvalue weighted by Gasteiger charge is -2.05. The summed E-state index contributed by atoms with van der Waals surface area (Å²) in [7, 11) is 0. The zero-order chi connectivity index (χ0) is 15.0. The van der Waals surface area contributed by atoms with Crippen molar-refractivity contribution < 1.29 is 18.0 Å². The lowest BCUT2D eigenvalue weighted by molar-refractivity contribution is -0.137. The van der Waals surface area contributed by atoms with Crippen molar-refractivity contribution in [1.82, 2.24) is 4.98 Å². The molecule has 3 rings (SSSR count). The largest absolute Gasteiger partial charge is 0.416 e. The van der Waals surface area contributed by atoms with E-state index in [0.29, 0.717) is 17.5 Å². The molecule has 1 N–H and O–H groups in total.